The van der Waals surface area contributed by atoms with E-state index in [0.717, 1.165) is 19.6 Å². The monoisotopic (exact) mass is 231 g/mol. The van der Waals surface area contributed by atoms with Crippen molar-refractivity contribution in [1.29, 1.82) is 0 Å². The number of ketones is 2. The average molecular weight is 231 g/mol. The summed E-state index contributed by atoms with van der Waals surface area (Å²) in [6.45, 7) is 4.57. The Balaban J connectivity index is 2.02. The first kappa shape index (κ1) is 12.0. The number of hydrogen-bond acceptors (Lipinski definition) is 3. The summed E-state index contributed by atoms with van der Waals surface area (Å²) in [5.41, 5.74) is 1.69. The molecule has 0 atom stereocenters. The third-order valence-electron chi connectivity index (χ3n) is 3.14. The van der Waals surface area contributed by atoms with E-state index < -0.39 is 11.6 Å². The van der Waals surface area contributed by atoms with Crippen LogP contribution in [0.15, 0.2) is 24.3 Å². The number of hydrogen-bond donors (Lipinski definition) is 0. The molecule has 1 aliphatic heterocycles. The summed E-state index contributed by atoms with van der Waals surface area (Å²) in [6.07, 6.45) is 2.56. The van der Waals surface area contributed by atoms with Crippen molar-refractivity contribution in [1.82, 2.24) is 4.90 Å². The molecule has 1 aromatic rings. The predicted molar refractivity (Wildman–Crippen MR) is 66.0 cm³/mol. The smallest absolute Gasteiger partial charge is 0.228 e. The van der Waals surface area contributed by atoms with Gasteiger partial charge in [-0.2, -0.15) is 0 Å². The van der Waals surface area contributed by atoms with E-state index in [0.29, 0.717) is 5.56 Å². The third kappa shape index (κ3) is 3.01. The van der Waals surface area contributed by atoms with Crippen LogP contribution in [0.2, 0.25) is 0 Å². The number of likely N-dealkylation sites (tertiary alicyclic amines) is 1. The van der Waals surface area contributed by atoms with Crippen LogP contribution in [0.5, 0.6) is 0 Å². The molecule has 3 heteroatoms. The molecule has 0 spiro atoms. The predicted octanol–water partition coefficient (Wildman–Crippen LogP) is 2.05. The lowest BCUT2D eigenvalue weighted by Crippen LogP contribution is -2.18. The van der Waals surface area contributed by atoms with E-state index in [-0.39, 0.29) is 0 Å². The van der Waals surface area contributed by atoms with Gasteiger partial charge in [0.25, 0.3) is 0 Å². The highest BCUT2D eigenvalue weighted by Crippen LogP contribution is 2.13. The summed E-state index contributed by atoms with van der Waals surface area (Å²) in [7, 11) is 0. The molecular formula is C14H17NO2. The first-order chi connectivity index (χ1) is 8.16. The van der Waals surface area contributed by atoms with Gasteiger partial charge in [0.1, 0.15) is 0 Å². The molecule has 0 aromatic heterocycles. The second-order valence-electron chi connectivity index (χ2n) is 4.57. The van der Waals surface area contributed by atoms with Gasteiger partial charge in [0.2, 0.25) is 5.78 Å². The van der Waals surface area contributed by atoms with E-state index in [1.807, 2.05) is 12.1 Å². The number of carbonyl (C=O) groups excluding carboxylic acids is 2. The number of nitrogens with zero attached hydrogens (tertiary/aromatic N) is 1. The van der Waals surface area contributed by atoms with Crippen LogP contribution in [0.1, 0.15) is 35.7 Å². The molecule has 3 nitrogen and oxygen atoms in total. The Morgan fingerprint density at radius 1 is 1.12 bits per heavy atom. The van der Waals surface area contributed by atoms with Gasteiger partial charge in [-0.15, -0.1) is 0 Å². The van der Waals surface area contributed by atoms with Crippen molar-refractivity contribution < 1.29 is 9.59 Å². The first-order valence-corrected chi connectivity index (χ1v) is 6.03. The van der Waals surface area contributed by atoms with E-state index >= 15 is 0 Å². The van der Waals surface area contributed by atoms with Crippen LogP contribution >= 0.6 is 0 Å². The molecule has 0 radical (unpaired) electrons. The van der Waals surface area contributed by atoms with E-state index in [9.17, 15) is 9.59 Å². The zero-order valence-corrected chi connectivity index (χ0v) is 10.1. The molecule has 1 heterocycles. The summed E-state index contributed by atoms with van der Waals surface area (Å²) >= 11 is 0. The fourth-order valence-electron chi connectivity index (χ4n) is 2.16. The molecule has 1 fully saturated rings. The van der Waals surface area contributed by atoms with Gasteiger partial charge in [-0.3, -0.25) is 14.5 Å². The van der Waals surface area contributed by atoms with Crippen LogP contribution in [0, 0.1) is 0 Å². The lowest BCUT2D eigenvalue weighted by molar-refractivity contribution is -0.113. The standard InChI is InChI=1S/C14H17NO2/c1-11(16)14(17)13-6-4-12(5-7-13)10-15-8-2-3-9-15/h4-7H,2-3,8-10H2,1H3. The molecule has 0 aliphatic carbocycles. The molecule has 1 saturated heterocycles. The lowest BCUT2D eigenvalue weighted by atomic mass is 10.1. The Labute approximate surface area is 101 Å². The van der Waals surface area contributed by atoms with Crippen LogP contribution in [-0.2, 0) is 11.3 Å². The maximum absolute atomic E-state index is 11.4. The highest BCUT2D eigenvalue weighted by atomic mass is 16.2. The van der Waals surface area contributed by atoms with Gasteiger partial charge < -0.3 is 0 Å². The maximum Gasteiger partial charge on any atom is 0.228 e. The topological polar surface area (TPSA) is 37.4 Å². The van der Waals surface area contributed by atoms with Crippen molar-refractivity contribution in [3.05, 3.63) is 35.4 Å². The van der Waals surface area contributed by atoms with Gasteiger partial charge in [0.05, 0.1) is 0 Å². The summed E-state index contributed by atoms with van der Waals surface area (Å²) < 4.78 is 0. The van der Waals surface area contributed by atoms with Crippen LogP contribution in [0.3, 0.4) is 0 Å². The second kappa shape index (κ2) is 5.23. The van der Waals surface area contributed by atoms with Crippen molar-refractivity contribution >= 4 is 11.6 Å². The quantitative estimate of drug-likeness (QED) is 0.588. The van der Waals surface area contributed by atoms with Crippen molar-refractivity contribution in [2.75, 3.05) is 13.1 Å². The Kier molecular flexibility index (Phi) is 3.69. The highest BCUT2D eigenvalue weighted by Gasteiger charge is 2.13. The van der Waals surface area contributed by atoms with Crippen LogP contribution in [0.4, 0.5) is 0 Å². The van der Waals surface area contributed by atoms with Crippen molar-refractivity contribution in [3.8, 4) is 0 Å². The molecule has 0 unspecified atom stereocenters. The average Bonchev–Trinajstić information content (AvgIpc) is 2.82. The Hall–Kier alpha value is -1.48. The number of benzene rings is 1. The van der Waals surface area contributed by atoms with Crippen molar-refractivity contribution in [2.45, 2.75) is 26.3 Å². The minimum atomic E-state index is -0.405. The minimum Gasteiger partial charge on any atom is -0.299 e. The van der Waals surface area contributed by atoms with E-state index in [1.54, 1.807) is 12.1 Å². The van der Waals surface area contributed by atoms with E-state index in [2.05, 4.69) is 4.90 Å². The SMILES string of the molecule is CC(=O)C(=O)c1ccc(CN2CCCC2)cc1. The summed E-state index contributed by atoms with van der Waals surface area (Å²) in [6, 6.07) is 7.37. The van der Waals surface area contributed by atoms with Crippen LogP contribution < -0.4 is 0 Å². The molecule has 17 heavy (non-hydrogen) atoms. The normalized spacial score (nSPS) is 16.1. The van der Waals surface area contributed by atoms with Gasteiger partial charge in [-0.05, 0) is 31.5 Å². The van der Waals surface area contributed by atoms with Crippen LogP contribution in [-0.4, -0.2) is 29.6 Å². The molecule has 2 rings (SSSR count). The third-order valence-corrected chi connectivity index (χ3v) is 3.14. The van der Waals surface area contributed by atoms with Gasteiger partial charge in [0.15, 0.2) is 5.78 Å². The first-order valence-electron chi connectivity index (χ1n) is 6.03. The summed E-state index contributed by atoms with van der Waals surface area (Å²) in [5, 5.41) is 0. The molecule has 1 aliphatic rings. The fraction of sp³-hybridized carbons (Fsp3) is 0.429. The Morgan fingerprint density at radius 2 is 1.71 bits per heavy atom. The maximum atomic E-state index is 11.4. The molecule has 1 aromatic carbocycles. The molecule has 0 saturated carbocycles. The van der Waals surface area contributed by atoms with Crippen LogP contribution in [0.25, 0.3) is 0 Å². The number of Topliss-reactive ketones (excluding diaryl/α,β-unsaturated/α-hetero) is 2. The lowest BCUT2D eigenvalue weighted by Gasteiger charge is -2.14. The molecule has 0 amide bonds. The molecule has 0 N–H and O–H groups in total. The minimum absolute atomic E-state index is 0.405. The van der Waals surface area contributed by atoms with E-state index in [4.69, 9.17) is 0 Å². The zero-order valence-electron chi connectivity index (χ0n) is 10.1. The molecular weight excluding hydrogens is 214 g/mol. The second-order valence-corrected chi connectivity index (χ2v) is 4.57. The van der Waals surface area contributed by atoms with Gasteiger partial charge >= 0.3 is 0 Å². The highest BCUT2D eigenvalue weighted by molar-refractivity contribution is 6.42. The molecule has 0 bridgehead atoms. The van der Waals surface area contributed by atoms with E-state index in [1.165, 1.54) is 25.3 Å². The molecule has 90 valence electrons. The zero-order chi connectivity index (χ0) is 12.3. The van der Waals surface area contributed by atoms with Crippen molar-refractivity contribution in [2.24, 2.45) is 0 Å². The Bertz CT molecular complexity index is 416. The largest absolute Gasteiger partial charge is 0.299 e. The fourth-order valence-corrected chi connectivity index (χ4v) is 2.16. The summed E-state index contributed by atoms with van der Waals surface area (Å²) in [5.74, 6) is -0.810. The summed E-state index contributed by atoms with van der Waals surface area (Å²) in [4.78, 5) is 24.8. The van der Waals surface area contributed by atoms with Gasteiger partial charge in [0, 0.05) is 19.0 Å². The van der Waals surface area contributed by atoms with Gasteiger partial charge in [-0.25, -0.2) is 0 Å². The number of carbonyl (C=O) groups is 2. The number of rotatable bonds is 4. The van der Waals surface area contributed by atoms with Gasteiger partial charge in [-0.1, -0.05) is 24.3 Å². The Morgan fingerprint density at radius 3 is 2.24 bits per heavy atom. The van der Waals surface area contributed by atoms with Crippen molar-refractivity contribution in [3.63, 3.8) is 0 Å².